The van der Waals surface area contributed by atoms with Crippen molar-refractivity contribution >= 4 is 24.6 Å². The van der Waals surface area contributed by atoms with E-state index in [-0.39, 0.29) is 11.9 Å². The summed E-state index contributed by atoms with van der Waals surface area (Å²) in [5, 5.41) is 8.64. The van der Waals surface area contributed by atoms with Crippen LogP contribution in [0.3, 0.4) is 0 Å². The summed E-state index contributed by atoms with van der Waals surface area (Å²) in [6.07, 6.45) is 2.24. The predicted molar refractivity (Wildman–Crippen MR) is 58.2 cm³/mol. The highest BCUT2D eigenvalue weighted by Gasteiger charge is 2.22. The van der Waals surface area contributed by atoms with Gasteiger partial charge in [0.1, 0.15) is 5.65 Å². The van der Waals surface area contributed by atoms with Crippen LogP contribution in [0.15, 0.2) is 24.5 Å². The molecule has 8 heteroatoms. The lowest BCUT2D eigenvalue weighted by Gasteiger charge is -2.04. The van der Waals surface area contributed by atoms with E-state index in [2.05, 4.69) is 4.98 Å². The molecule has 0 amide bonds. The number of nitrogens with zero attached hydrogens (tertiary/aromatic N) is 2. The molecular weight excluding hydrogens is 247 g/mol. The highest BCUT2D eigenvalue weighted by Crippen LogP contribution is 2.33. The van der Waals surface area contributed by atoms with E-state index in [4.69, 9.17) is 14.9 Å². The number of carbonyl (C=O) groups is 1. The molecule has 7 nitrogen and oxygen atoms in total. The number of carboxylic acid groups (broad SMARTS) is 1. The van der Waals surface area contributed by atoms with Gasteiger partial charge >= 0.3 is 13.6 Å². The third-order valence-electron chi connectivity index (χ3n) is 2.20. The number of hydrogen-bond donors (Lipinski definition) is 3. The molecule has 0 unspecified atom stereocenters. The molecule has 0 atom stereocenters. The molecule has 0 spiro atoms. The molecular formula is C9H9N2O5P. The van der Waals surface area contributed by atoms with Crippen LogP contribution in [0.5, 0.6) is 0 Å². The highest BCUT2D eigenvalue weighted by molar-refractivity contribution is 7.60. The Balaban J connectivity index is 2.58. The minimum absolute atomic E-state index is 0.214. The van der Waals surface area contributed by atoms with Crippen molar-refractivity contribution in [2.75, 3.05) is 0 Å². The first kappa shape index (κ1) is 11.8. The molecule has 0 saturated carbocycles. The average Bonchev–Trinajstić information content (AvgIpc) is 2.58. The fraction of sp³-hybridized carbons (Fsp3) is 0.111. The Labute approximate surface area is 95.5 Å². The summed E-state index contributed by atoms with van der Waals surface area (Å²) in [6.45, 7) is 0. The Morgan fingerprint density at radius 2 is 2.12 bits per heavy atom. The summed E-state index contributed by atoms with van der Waals surface area (Å²) in [5.74, 6) is -1.01. The van der Waals surface area contributed by atoms with Gasteiger partial charge in [0, 0.05) is 6.20 Å². The standard InChI is InChI=1S/C9H9N2O5P/c12-9(13)3-6-1-2-7-10-4-8(11(7)5-6)17(14,15)16/h1-2,4-5H,3H2,(H,12,13)(H2,14,15,16). The number of fused-ring (bicyclic) bond motifs is 1. The number of rotatable bonds is 3. The molecule has 17 heavy (non-hydrogen) atoms. The summed E-state index contributed by atoms with van der Waals surface area (Å²) in [4.78, 5) is 32.5. The first-order valence-electron chi connectivity index (χ1n) is 4.62. The van der Waals surface area contributed by atoms with Gasteiger partial charge in [-0.2, -0.15) is 0 Å². The Hall–Kier alpha value is -1.69. The van der Waals surface area contributed by atoms with Gasteiger partial charge in [-0.25, -0.2) is 4.98 Å². The normalized spacial score (nSPS) is 11.9. The van der Waals surface area contributed by atoms with Gasteiger partial charge < -0.3 is 14.9 Å². The maximum atomic E-state index is 11.2. The van der Waals surface area contributed by atoms with Crippen LogP contribution in [0.1, 0.15) is 5.56 Å². The molecule has 2 aromatic rings. The zero-order valence-electron chi connectivity index (χ0n) is 8.52. The van der Waals surface area contributed by atoms with E-state index in [1.165, 1.54) is 16.7 Å². The van der Waals surface area contributed by atoms with Crippen molar-refractivity contribution in [3.63, 3.8) is 0 Å². The first-order valence-corrected chi connectivity index (χ1v) is 6.23. The van der Waals surface area contributed by atoms with Crippen LogP contribution in [0, 0.1) is 0 Å². The van der Waals surface area contributed by atoms with Crippen molar-refractivity contribution in [2.24, 2.45) is 0 Å². The quantitative estimate of drug-likeness (QED) is 0.653. The van der Waals surface area contributed by atoms with Crippen LogP contribution < -0.4 is 5.44 Å². The average molecular weight is 256 g/mol. The molecule has 0 fully saturated rings. The number of carboxylic acids is 1. The van der Waals surface area contributed by atoms with E-state index in [9.17, 15) is 9.36 Å². The van der Waals surface area contributed by atoms with Gasteiger partial charge in [0.05, 0.1) is 12.6 Å². The number of imidazole rings is 1. The molecule has 0 aliphatic heterocycles. The Kier molecular flexibility index (Phi) is 2.74. The lowest BCUT2D eigenvalue weighted by molar-refractivity contribution is -0.136. The second kappa shape index (κ2) is 3.96. The van der Waals surface area contributed by atoms with Crippen LogP contribution >= 0.6 is 7.60 Å². The second-order valence-corrected chi connectivity index (χ2v) is 5.04. The largest absolute Gasteiger partial charge is 0.481 e. The Morgan fingerprint density at radius 3 is 2.71 bits per heavy atom. The lowest BCUT2D eigenvalue weighted by Crippen LogP contribution is -2.11. The summed E-state index contributed by atoms with van der Waals surface area (Å²) < 4.78 is 12.4. The summed E-state index contributed by atoms with van der Waals surface area (Å²) in [5.41, 5.74) is 0.551. The number of hydrogen-bond acceptors (Lipinski definition) is 3. The smallest absolute Gasteiger partial charge is 0.374 e. The monoisotopic (exact) mass is 256 g/mol. The minimum Gasteiger partial charge on any atom is -0.481 e. The zero-order valence-corrected chi connectivity index (χ0v) is 9.41. The first-order chi connectivity index (χ1) is 7.88. The SMILES string of the molecule is O=C(O)Cc1ccc2ncc(P(=O)(O)O)n2c1. The molecule has 0 radical (unpaired) electrons. The Bertz CT molecular complexity index is 629. The number of aliphatic carboxylic acids is 1. The molecule has 2 aromatic heterocycles. The molecule has 3 N–H and O–H groups in total. The molecule has 0 saturated heterocycles. The van der Waals surface area contributed by atoms with Crippen molar-refractivity contribution in [1.29, 1.82) is 0 Å². The van der Waals surface area contributed by atoms with Crippen LogP contribution in [0.4, 0.5) is 0 Å². The lowest BCUT2D eigenvalue weighted by atomic mass is 10.2. The van der Waals surface area contributed by atoms with E-state index in [1.54, 1.807) is 6.07 Å². The molecule has 0 aliphatic rings. The van der Waals surface area contributed by atoms with Gasteiger partial charge in [0.25, 0.3) is 0 Å². The molecule has 0 bridgehead atoms. The van der Waals surface area contributed by atoms with E-state index < -0.39 is 13.6 Å². The van der Waals surface area contributed by atoms with Gasteiger partial charge in [-0.05, 0) is 11.6 Å². The zero-order chi connectivity index (χ0) is 12.6. The van der Waals surface area contributed by atoms with Crippen molar-refractivity contribution in [3.8, 4) is 0 Å². The molecule has 0 aromatic carbocycles. The number of pyridine rings is 1. The van der Waals surface area contributed by atoms with Crippen LogP contribution in [0.2, 0.25) is 0 Å². The van der Waals surface area contributed by atoms with Gasteiger partial charge in [-0.1, -0.05) is 6.07 Å². The van der Waals surface area contributed by atoms with Crippen LogP contribution in [0.25, 0.3) is 5.65 Å². The molecule has 0 aliphatic carbocycles. The highest BCUT2D eigenvalue weighted by atomic mass is 31.2. The van der Waals surface area contributed by atoms with Crippen molar-refractivity contribution in [3.05, 3.63) is 30.1 Å². The topological polar surface area (TPSA) is 112 Å². The summed E-state index contributed by atoms with van der Waals surface area (Å²) in [7, 11) is -4.42. The third-order valence-corrected chi connectivity index (χ3v) is 3.13. The van der Waals surface area contributed by atoms with E-state index >= 15 is 0 Å². The van der Waals surface area contributed by atoms with E-state index in [1.807, 2.05) is 0 Å². The minimum atomic E-state index is -4.42. The van der Waals surface area contributed by atoms with Crippen LogP contribution in [-0.4, -0.2) is 30.2 Å². The molecule has 2 heterocycles. The van der Waals surface area contributed by atoms with E-state index in [0.717, 1.165) is 6.20 Å². The third kappa shape index (κ3) is 2.36. The van der Waals surface area contributed by atoms with Crippen molar-refractivity contribution in [2.45, 2.75) is 6.42 Å². The summed E-state index contributed by atoms with van der Waals surface area (Å²) >= 11 is 0. The maximum Gasteiger partial charge on any atom is 0.374 e. The van der Waals surface area contributed by atoms with Gasteiger partial charge in [0.2, 0.25) is 0 Å². The number of aromatic nitrogens is 2. The predicted octanol–water partition coefficient (Wildman–Crippen LogP) is -0.236. The molecule has 90 valence electrons. The van der Waals surface area contributed by atoms with Crippen molar-refractivity contribution < 1.29 is 24.3 Å². The van der Waals surface area contributed by atoms with Crippen LogP contribution in [-0.2, 0) is 15.8 Å². The van der Waals surface area contributed by atoms with Gasteiger partial charge in [0.15, 0.2) is 5.44 Å². The second-order valence-electron chi connectivity index (χ2n) is 3.50. The molecule has 2 rings (SSSR count). The fourth-order valence-corrected chi connectivity index (χ4v) is 2.16. The van der Waals surface area contributed by atoms with Gasteiger partial charge in [-0.15, -0.1) is 0 Å². The Morgan fingerprint density at radius 1 is 1.41 bits per heavy atom. The fourth-order valence-electron chi connectivity index (χ4n) is 1.51. The summed E-state index contributed by atoms with van der Waals surface area (Å²) in [6, 6.07) is 3.07. The maximum absolute atomic E-state index is 11.2. The van der Waals surface area contributed by atoms with Crippen molar-refractivity contribution in [1.82, 2.24) is 9.38 Å². The van der Waals surface area contributed by atoms with Gasteiger partial charge in [-0.3, -0.25) is 13.8 Å². The van der Waals surface area contributed by atoms with E-state index in [0.29, 0.717) is 11.2 Å².